The fourth-order valence-corrected chi connectivity index (χ4v) is 4.36. The van der Waals surface area contributed by atoms with Gasteiger partial charge >= 0.3 is 0 Å². The molecule has 1 aliphatic rings. The molecule has 1 aromatic heterocycles. The lowest BCUT2D eigenvalue weighted by atomic mass is 9.99. The molecule has 6 nitrogen and oxygen atoms in total. The van der Waals surface area contributed by atoms with Crippen molar-refractivity contribution in [3.05, 3.63) is 47.8 Å². The zero-order chi connectivity index (χ0) is 22.7. The highest BCUT2D eigenvalue weighted by atomic mass is 16.5. The smallest absolute Gasteiger partial charge is 0.145 e. The van der Waals surface area contributed by atoms with E-state index in [-0.39, 0.29) is 0 Å². The molecular weight excluding hydrogens is 398 g/mol. The first-order chi connectivity index (χ1) is 15.5. The first kappa shape index (κ1) is 21.9. The van der Waals surface area contributed by atoms with Crippen molar-refractivity contribution in [1.82, 2.24) is 15.0 Å². The quantitative estimate of drug-likeness (QED) is 0.560. The van der Waals surface area contributed by atoms with Gasteiger partial charge in [0, 0.05) is 43.2 Å². The number of aromatic nitrogens is 2. The molecule has 3 aromatic rings. The molecule has 1 fully saturated rings. The second-order valence-electron chi connectivity index (χ2n) is 8.31. The van der Waals surface area contributed by atoms with Gasteiger partial charge < -0.3 is 15.1 Å². The number of terminal acetylenes is 1. The van der Waals surface area contributed by atoms with Crippen LogP contribution in [0.4, 0.5) is 17.2 Å². The van der Waals surface area contributed by atoms with E-state index in [2.05, 4.69) is 69.3 Å². The molecule has 166 valence electrons. The summed E-state index contributed by atoms with van der Waals surface area (Å²) < 4.78 is 5.78. The Bertz CT molecular complexity index is 1130. The highest BCUT2D eigenvalue weighted by molar-refractivity contribution is 5.99. The second-order valence-corrected chi connectivity index (χ2v) is 8.31. The molecule has 0 amide bonds. The van der Waals surface area contributed by atoms with E-state index >= 15 is 0 Å². The van der Waals surface area contributed by atoms with Gasteiger partial charge in [-0.1, -0.05) is 24.6 Å². The van der Waals surface area contributed by atoms with Gasteiger partial charge in [0.1, 0.15) is 17.9 Å². The molecule has 0 atom stereocenters. The molecule has 0 unspecified atom stereocenters. The van der Waals surface area contributed by atoms with Crippen LogP contribution in [0.1, 0.15) is 30.9 Å². The van der Waals surface area contributed by atoms with Crippen LogP contribution in [0.3, 0.4) is 0 Å². The van der Waals surface area contributed by atoms with Gasteiger partial charge in [0.25, 0.3) is 0 Å². The Hall–Kier alpha value is -3.30. The van der Waals surface area contributed by atoms with Gasteiger partial charge in [-0.15, -0.1) is 12.3 Å². The number of hydrogen-bond donors (Lipinski definition) is 1. The number of hydrazine groups is 1. The molecule has 0 radical (unpaired) electrons. The molecule has 32 heavy (non-hydrogen) atoms. The predicted molar refractivity (Wildman–Crippen MR) is 131 cm³/mol. The first-order valence-corrected chi connectivity index (χ1v) is 11.2. The molecule has 1 aliphatic heterocycles. The number of piperidine rings is 1. The molecule has 4 rings (SSSR count). The van der Waals surface area contributed by atoms with Crippen molar-refractivity contribution in [2.75, 3.05) is 37.6 Å². The average molecular weight is 430 g/mol. The lowest BCUT2D eigenvalue weighted by Gasteiger charge is -2.32. The zero-order valence-electron chi connectivity index (χ0n) is 19.4. The molecule has 0 bridgehead atoms. The Morgan fingerprint density at radius 3 is 2.56 bits per heavy atom. The summed E-state index contributed by atoms with van der Waals surface area (Å²) in [4.78, 5) is 11.4. The molecule has 2 aromatic carbocycles. The van der Waals surface area contributed by atoms with E-state index in [0.29, 0.717) is 5.92 Å². The van der Waals surface area contributed by atoms with E-state index in [1.165, 1.54) is 5.56 Å². The Kier molecular flexibility index (Phi) is 6.48. The van der Waals surface area contributed by atoms with Crippen LogP contribution in [0.5, 0.6) is 5.75 Å². The molecule has 1 saturated heterocycles. The van der Waals surface area contributed by atoms with Crippen LogP contribution in [-0.4, -0.2) is 42.2 Å². The Morgan fingerprint density at radius 1 is 1.22 bits per heavy atom. The average Bonchev–Trinajstić information content (AvgIpc) is 2.83. The number of nitrogens with zero attached hydrogens (tertiary/aromatic N) is 4. The Morgan fingerprint density at radius 2 is 1.94 bits per heavy atom. The summed E-state index contributed by atoms with van der Waals surface area (Å²) in [5.41, 5.74) is 8.95. The maximum atomic E-state index is 5.78. The third-order valence-corrected chi connectivity index (χ3v) is 6.29. The highest BCUT2D eigenvalue weighted by Crippen LogP contribution is 2.40. The molecule has 0 saturated carbocycles. The third kappa shape index (κ3) is 4.21. The van der Waals surface area contributed by atoms with Crippen LogP contribution in [0.15, 0.2) is 36.7 Å². The summed E-state index contributed by atoms with van der Waals surface area (Å²) in [5, 5.41) is 3.28. The Balaban J connectivity index is 1.79. The van der Waals surface area contributed by atoms with Gasteiger partial charge in [-0.2, -0.15) is 0 Å². The van der Waals surface area contributed by atoms with Crippen LogP contribution < -0.4 is 15.1 Å². The van der Waals surface area contributed by atoms with Crippen molar-refractivity contribution in [2.24, 2.45) is 5.92 Å². The number of anilines is 3. The van der Waals surface area contributed by atoms with E-state index in [0.717, 1.165) is 71.8 Å². The molecule has 2 heterocycles. The van der Waals surface area contributed by atoms with Gasteiger partial charge in [0.15, 0.2) is 0 Å². The summed E-state index contributed by atoms with van der Waals surface area (Å²) >= 11 is 0. The largest absolute Gasteiger partial charge is 0.494 e. The van der Waals surface area contributed by atoms with E-state index in [4.69, 9.17) is 11.2 Å². The number of rotatable bonds is 6. The Labute approximate surface area is 190 Å². The number of fused-ring (bicyclic) bond motifs is 1. The summed E-state index contributed by atoms with van der Waals surface area (Å²) in [6.45, 7) is 6.06. The fraction of sp³-hybridized carbons (Fsp3) is 0.385. The van der Waals surface area contributed by atoms with Crippen LogP contribution in [-0.2, 0) is 6.42 Å². The lowest BCUT2D eigenvalue weighted by Crippen LogP contribution is -2.38. The van der Waals surface area contributed by atoms with Crippen molar-refractivity contribution in [3.8, 4) is 18.1 Å². The van der Waals surface area contributed by atoms with Crippen molar-refractivity contribution < 1.29 is 4.74 Å². The third-order valence-electron chi connectivity index (χ3n) is 6.29. The normalized spacial score (nSPS) is 14.8. The minimum atomic E-state index is 0.361. The van der Waals surface area contributed by atoms with Crippen LogP contribution >= 0.6 is 0 Å². The number of aryl methyl sites for hydroxylation is 2. The molecule has 0 aliphatic carbocycles. The number of nitrogens with one attached hydrogen (secondary N) is 1. The zero-order valence-corrected chi connectivity index (χ0v) is 19.4. The number of benzene rings is 2. The monoisotopic (exact) mass is 429 g/mol. The fourth-order valence-electron chi connectivity index (χ4n) is 4.36. The van der Waals surface area contributed by atoms with Gasteiger partial charge in [-0.3, -0.25) is 0 Å². The maximum Gasteiger partial charge on any atom is 0.145 e. The summed E-state index contributed by atoms with van der Waals surface area (Å²) in [6.07, 6.45) is 10.1. The topological polar surface area (TPSA) is 53.5 Å². The summed E-state index contributed by atoms with van der Waals surface area (Å²) in [6, 6.07) is 10.5. The highest BCUT2D eigenvalue weighted by Gasteiger charge is 2.23. The van der Waals surface area contributed by atoms with Crippen LogP contribution in [0.2, 0.25) is 0 Å². The van der Waals surface area contributed by atoms with E-state index in [1.807, 2.05) is 13.1 Å². The maximum absolute atomic E-state index is 5.78. The SMILES string of the molecule is C#CC1CCN(Nc2c(OC)cc3ncnc(N(C)c4ccc(C)cc4)c3c2CC)CC1. The van der Waals surface area contributed by atoms with E-state index in [1.54, 1.807) is 13.4 Å². The summed E-state index contributed by atoms with van der Waals surface area (Å²) in [7, 11) is 3.75. The van der Waals surface area contributed by atoms with Gasteiger partial charge in [-0.25, -0.2) is 15.0 Å². The number of ether oxygens (including phenoxy) is 1. The van der Waals surface area contributed by atoms with Crippen LogP contribution in [0.25, 0.3) is 10.9 Å². The van der Waals surface area contributed by atoms with Crippen molar-refractivity contribution in [3.63, 3.8) is 0 Å². The predicted octanol–water partition coefficient (Wildman–Crippen LogP) is 4.95. The second kappa shape index (κ2) is 9.46. The van der Waals surface area contributed by atoms with Crippen LogP contribution in [0, 0.1) is 25.2 Å². The standard InChI is InChI=1S/C26H31N5O/c1-6-19-12-14-31(15-13-19)29-25-21(7-2)24-22(16-23(25)32-5)27-17-28-26(24)30(4)20-10-8-18(3)9-11-20/h1,8-11,16-17,19,29H,7,12-15H2,2-5H3. The molecular formula is C26H31N5O. The minimum Gasteiger partial charge on any atom is -0.494 e. The van der Waals surface area contributed by atoms with Gasteiger partial charge in [0.05, 0.1) is 18.3 Å². The molecule has 0 spiro atoms. The lowest BCUT2D eigenvalue weighted by molar-refractivity contribution is 0.244. The molecule has 1 N–H and O–H groups in total. The minimum absolute atomic E-state index is 0.361. The van der Waals surface area contributed by atoms with E-state index in [9.17, 15) is 0 Å². The number of methoxy groups -OCH3 is 1. The van der Waals surface area contributed by atoms with Crippen molar-refractivity contribution >= 4 is 28.1 Å². The summed E-state index contributed by atoms with van der Waals surface area (Å²) in [5.74, 6) is 4.93. The molecule has 6 heteroatoms. The van der Waals surface area contributed by atoms with E-state index < -0.39 is 0 Å². The first-order valence-electron chi connectivity index (χ1n) is 11.2. The van der Waals surface area contributed by atoms with Crippen molar-refractivity contribution in [2.45, 2.75) is 33.1 Å². The van der Waals surface area contributed by atoms with Crippen molar-refractivity contribution in [1.29, 1.82) is 0 Å². The van der Waals surface area contributed by atoms with Gasteiger partial charge in [0.2, 0.25) is 0 Å². The number of hydrogen-bond acceptors (Lipinski definition) is 6. The van der Waals surface area contributed by atoms with Gasteiger partial charge in [-0.05, 0) is 43.9 Å².